The predicted octanol–water partition coefficient (Wildman–Crippen LogP) is 3.32. The lowest BCUT2D eigenvalue weighted by Crippen LogP contribution is -2.06. The number of nitrogens with zero attached hydrogens (tertiary/aromatic N) is 1. The quantitative estimate of drug-likeness (QED) is 0.885. The van der Waals surface area contributed by atoms with Crippen molar-refractivity contribution in [2.75, 3.05) is 6.61 Å². The zero-order chi connectivity index (χ0) is 13.1. The lowest BCUT2D eigenvalue weighted by molar-refractivity contribution is 0.0518. The Hall–Kier alpha value is -1.62. The summed E-state index contributed by atoms with van der Waals surface area (Å²) in [6.45, 7) is 3.97. The smallest absolute Gasteiger partial charge is 0.359 e. The van der Waals surface area contributed by atoms with E-state index in [0.717, 1.165) is 21.3 Å². The first-order valence-corrected chi connectivity index (χ1v) is 6.40. The largest absolute Gasteiger partial charge is 0.461 e. The summed E-state index contributed by atoms with van der Waals surface area (Å²) in [6, 6.07) is 7.81. The molecule has 0 fully saturated rings. The average Bonchev–Trinajstić information content (AvgIpc) is 2.71. The highest BCUT2D eigenvalue weighted by atomic mass is 79.9. The normalized spacial score (nSPS) is 10.4. The molecule has 0 amide bonds. The van der Waals surface area contributed by atoms with Crippen molar-refractivity contribution in [2.24, 2.45) is 0 Å². The van der Waals surface area contributed by atoms with Crippen LogP contribution in [-0.4, -0.2) is 22.8 Å². The fourth-order valence-corrected chi connectivity index (χ4v) is 2.12. The van der Waals surface area contributed by atoms with E-state index >= 15 is 0 Å². The molecule has 0 aliphatic carbocycles. The molecule has 1 heterocycles. The molecule has 0 bridgehead atoms. The Bertz CT molecular complexity index is 578. The minimum Gasteiger partial charge on any atom is -0.461 e. The van der Waals surface area contributed by atoms with E-state index in [9.17, 15) is 4.79 Å². The third-order valence-electron chi connectivity index (χ3n) is 2.59. The fraction of sp³-hybridized carbons (Fsp3) is 0.231. The summed E-state index contributed by atoms with van der Waals surface area (Å²) < 4.78 is 5.93. The molecule has 0 atom stereocenters. The molecule has 0 aliphatic rings. The molecular formula is C13H13BrN2O2. The highest BCUT2D eigenvalue weighted by molar-refractivity contribution is 9.10. The van der Waals surface area contributed by atoms with Gasteiger partial charge in [0.25, 0.3) is 0 Å². The summed E-state index contributed by atoms with van der Waals surface area (Å²) in [4.78, 5) is 11.7. The van der Waals surface area contributed by atoms with E-state index in [2.05, 4.69) is 26.1 Å². The second-order valence-electron chi connectivity index (χ2n) is 3.80. The Morgan fingerprint density at radius 3 is 2.94 bits per heavy atom. The number of nitrogens with one attached hydrogen (secondary N) is 1. The maximum atomic E-state index is 11.7. The molecule has 1 aromatic heterocycles. The Balaban J connectivity index is 2.39. The van der Waals surface area contributed by atoms with E-state index in [-0.39, 0.29) is 0 Å². The lowest BCUT2D eigenvalue weighted by atomic mass is 10.1. The number of esters is 1. The second kappa shape index (κ2) is 5.35. The van der Waals surface area contributed by atoms with Crippen LogP contribution in [0.25, 0.3) is 11.3 Å². The standard InChI is InChI=1S/C13H13BrN2O2/c1-3-18-13(17)12-8(2)11(15-16-12)9-5-4-6-10(14)7-9/h4-7H,3H2,1-2H3,(H,15,16). The number of ether oxygens (including phenoxy) is 1. The number of H-pyrrole nitrogens is 1. The van der Waals surface area contributed by atoms with Crippen molar-refractivity contribution in [3.8, 4) is 11.3 Å². The molecule has 1 aromatic carbocycles. The van der Waals surface area contributed by atoms with Gasteiger partial charge in [0.05, 0.1) is 12.3 Å². The van der Waals surface area contributed by atoms with Crippen LogP contribution in [0.5, 0.6) is 0 Å². The molecule has 0 saturated carbocycles. The Morgan fingerprint density at radius 2 is 2.28 bits per heavy atom. The van der Waals surface area contributed by atoms with Crippen molar-refractivity contribution in [3.05, 3.63) is 40.0 Å². The van der Waals surface area contributed by atoms with Crippen LogP contribution >= 0.6 is 15.9 Å². The average molecular weight is 309 g/mol. The maximum absolute atomic E-state index is 11.7. The molecule has 0 aliphatic heterocycles. The van der Waals surface area contributed by atoms with Gasteiger partial charge in [-0.2, -0.15) is 5.10 Å². The lowest BCUT2D eigenvalue weighted by Gasteiger charge is -2.01. The maximum Gasteiger partial charge on any atom is 0.359 e. The van der Waals surface area contributed by atoms with Crippen molar-refractivity contribution in [2.45, 2.75) is 13.8 Å². The zero-order valence-corrected chi connectivity index (χ0v) is 11.7. The number of carbonyl (C=O) groups is 1. The van der Waals surface area contributed by atoms with Crippen LogP contribution in [0.15, 0.2) is 28.7 Å². The molecule has 5 heteroatoms. The van der Waals surface area contributed by atoms with E-state index < -0.39 is 5.97 Å². The highest BCUT2D eigenvalue weighted by Crippen LogP contribution is 2.25. The summed E-state index contributed by atoms with van der Waals surface area (Å²) in [7, 11) is 0. The number of carbonyl (C=O) groups excluding carboxylic acids is 1. The van der Waals surface area contributed by atoms with Crippen LogP contribution in [0.3, 0.4) is 0 Å². The third kappa shape index (κ3) is 2.46. The van der Waals surface area contributed by atoms with Crippen LogP contribution in [-0.2, 0) is 4.74 Å². The van der Waals surface area contributed by atoms with Gasteiger partial charge >= 0.3 is 5.97 Å². The van der Waals surface area contributed by atoms with Crippen molar-refractivity contribution in [1.29, 1.82) is 0 Å². The Labute approximate surface area is 113 Å². The first-order chi connectivity index (χ1) is 8.63. The Kier molecular flexibility index (Phi) is 3.81. The van der Waals surface area contributed by atoms with Crippen molar-refractivity contribution >= 4 is 21.9 Å². The molecule has 94 valence electrons. The number of hydrogen-bond donors (Lipinski definition) is 1. The van der Waals surface area contributed by atoms with Gasteiger partial charge in [-0.15, -0.1) is 0 Å². The molecule has 0 saturated heterocycles. The molecule has 2 aromatic rings. The van der Waals surface area contributed by atoms with E-state index in [1.54, 1.807) is 6.92 Å². The predicted molar refractivity (Wildman–Crippen MR) is 72.4 cm³/mol. The fourth-order valence-electron chi connectivity index (χ4n) is 1.72. The minimum atomic E-state index is -0.396. The van der Waals surface area contributed by atoms with Crippen LogP contribution in [0.2, 0.25) is 0 Å². The van der Waals surface area contributed by atoms with Gasteiger partial charge < -0.3 is 4.74 Å². The van der Waals surface area contributed by atoms with E-state index in [4.69, 9.17) is 4.74 Å². The summed E-state index contributed by atoms with van der Waals surface area (Å²) in [5.41, 5.74) is 2.95. The van der Waals surface area contributed by atoms with Crippen LogP contribution in [0.4, 0.5) is 0 Å². The van der Waals surface area contributed by atoms with Crippen molar-refractivity contribution < 1.29 is 9.53 Å². The van der Waals surface area contributed by atoms with Gasteiger partial charge in [-0.25, -0.2) is 4.79 Å². The molecule has 4 nitrogen and oxygen atoms in total. The molecule has 0 spiro atoms. The first kappa shape index (κ1) is 12.8. The minimum absolute atomic E-state index is 0.340. The van der Waals surface area contributed by atoms with Gasteiger partial charge in [0.15, 0.2) is 5.69 Å². The zero-order valence-electron chi connectivity index (χ0n) is 10.2. The number of hydrogen-bond acceptors (Lipinski definition) is 3. The number of aromatic nitrogens is 2. The number of aromatic amines is 1. The summed E-state index contributed by atoms with van der Waals surface area (Å²) in [5, 5.41) is 6.91. The van der Waals surface area contributed by atoms with Gasteiger partial charge in [0.1, 0.15) is 0 Å². The highest BCUT2D eigenvalue weighted by Gasteiger charge is 2.18. The summed E-state index contributed by atoms with van der Waals surface area (Å²) in [5.74, 6) is -0.396. The molecular weight excluding hydrogens is 296 g/mol. The topological polar surface area (TPSA) is 55.0 Å². The molecule has 2 rings (SSSR count). The van der Waals surface area contributed by atoms with Crippen molar-refractivity contribution in [1.82, 2.24) is 10.2 Å². The summed E-state index contributed by atoms with van der Waals surface area (Å²) >= 11 is 3.42. The van der Waals surface area contributed by atoms with Crippen LogP contribution in [0.1, 0.15) is 23.0 Å². The van der Waals surface area contributed by atoms with E-state index in [1.165, 1.54) is 0 Å². The SMILES string of the molecule is CCOC(=O)c1n[nH]c(-c2cccc(Br)c2)c1C. The van der Waals surface area contributed by atoms with E-state index in [1.807, 2.05) is 31.2 Å². The monoisotopic (exact) mass is 308 g/mol. The summed E-state index contributed by atoms with van der Waals surface area (Å²) in [6.07, 6.45) is 0. The molecule has 18 heavy (non-hydrogen) atoms. The second-order valence-corrected chi connectivity index (χ2v) is 4.72. The first-order valence-electron chi connectivity index (χ1n) is 5.61. The van der Waals surface area contributed by atoms with Gasteiger partial charge in [0.2, 0.25) is 0 Å². The van der Waals surface area contributed by atoms with Gasteiger partial charge in [-0.1, -0.05) is 28.1 Å². The molecule has 0 radical (unpaired) electrons. The van der Waals surface area contributed by atoms with Gasteiger partial charge in [-0.3, -0.25) is 5.10 Å². The molecule has 1 N–H and O–H groups in total. The number of halogens is 1. The van der Waals surface area contributed by atoms with Gasteiger partial charge in [0, 0.05) is 15.6 Å². The van der Waals surface area contributed by atoms with E-state index in [0.29, 0.717) is 12.3 Å². The molecule has 0 unspecified atom stereocenters. The number of rotatable bonds is 3. The third-order valence-corrected chi connectivity index (χ3v) is 3.09. The van der Waals surface area contributed by atoms with Crippen LogP contribution in [0, 0.1) is 6.92 Å². The van der Waals surface area contributed by atoms with Crippen molar-refractivity contribution in [3.63, 3.8) is 0 Å². The van der Waals surface area contributed by atoms with Gasteiger partial charge in [-0.05, 0) is 26.0 Å². The number of benzene rings is 1. The Morgan fingerprint density at radius 1 is 1.50 bits per heavy atom. The van der Waals surface area contributed by atoms with Crippen LogP contribution < -0.4 is 0 Å².